The number of allylic oxidation sites excluding steroid dienone is 2. The van der Waals surface area contributed by atoms with Crippen molar-refractivity contribution in [2.24, 2.45) is 0 Å². The van der Waals surface area contributed by atoms with Crippen molar-refractivity contribution in [2.45, 2.75) is 57.7 Å². The van der Waals surface area contributed by atoms with Gasteiger partial charge in [-0.15, -0.1) is 0 Å². The first-order chi connectivity index (χ1) is 13.8. The van der Waals surface area contributed by atoms with Crippen molar-refractivity contribution in [1.82, 2.24) is 0 Å². The molecular formula is C25H34O4. The Morgan fingerprint density at radius 2 is 1.55 bits per heavy atom. The lowest BCUT2D eigenvalue weighted by Gasteiger charge is -2.31. The third kappa shape index (κ3) is 7.00. The number of hydrogen-bond donors (Lipinski definition) is 3. The molecule has 0 aromatic heterocycles. The monoisotopic (exact) mass is 398 g/mol. The molecule has 0 aliphatic rings. The molecule has 0 radical (unpaired) electrons. The molecule has 29 heavy (non-hydrogen) atoms. The zero-order valence-electron chi connectivity index (χ0n) is 17.8. The first kappa shape index (κ1) is 23.1. The van der Waals surface area contributed by atoms with E-state index in [-0.39, 0.29) is 13.2 Å². The van der Waals surface area contributed by atoms with Crippen LogP contribution in [0.3, 0.4) is 0 Å². The molecule has 158 valence electrons. The number of unbranched alkanes of at least 4 members (excludes halogenated alkanes) is 2. The molecule has 0 aliphatic carbocycles. The highest BCUT2D eigenvalue weighted by atomic mass is 16.5. The lowest BCUT2D eigenvalue weighted by atomic mass is 9.95. The van der Waals surface area contributed by atoms with E-state index >= 15 is 0 Å². The third-order valence-corrected chi connectivity index (χ3v) is 5.13. The van der Waals surface area contributed by atoms with Crippen LogP contribution in [0, 0.1) is 0 Å². The Morgan fingerprint density at radius 1 is 0.931 bits per heavy atom. The van der Waals surface area contributed by atoms with Crippen molar-refractivity contribution in [3.63, 3.8) is 0 Å². The lowest BCUT2D eigenvalue weighted by molar-refractivity contribution is -0.0385. The number of benzene rings is 2. The molecule has 4 heteroatoms. The minimum atomic E-state index is -1.17. The molecule has 4 nitrogen and oxygen atoms in total. The fourth-order valence-corrected chi connectivity index (χ4v) is 3.25. The molecule has 0 fully saturated rings. The summed E-state index contributed by atoms with van der Waals surface area (Å²) in [5.74, 6) is 0.596. The molecule has 0 bridgehead atoms. The molecule has 2 rings (SSSR count). The Hall–Kier alpha value is -2.14. The molecule has 0 amide bonds. The topological polar surface area (TPSA) is 69.9 Å². The van der Waals surface area contributed by atoms with Gasteiger partial charge in [-0.05, 0) is 63.3 Å². The van der Waals surface area contributed by atoms with Crippen LogP contribution in [0.2, 0.25) is 0 Å². The van der Waals surface area contributed by atoms with Crippen molar-refractivity contribution < 1.29 is 20.1 Å². The van der Waals surface area contributed by atoms with E-state index in [0.29, 0.717) is 5.75 Å². The Morgan fingerprint density at radius 3 is 2.10 bits per heavy atom. The first-order valence-electron chi connectivity index (χ1n) is 10.3. The molecule has 2 aromatic carbocycles. The van der Waals surface area contributed by atoms with Crippen LogP contribution < -0.4 is 4.74 Å². The molecule has 0 heterocycles. The van der Waals surface area contributed by atoms with Crippen molar-refractivity contribution >= 4 is 5.57 Å². The number of aliphatic hydroxyl groups excluding tert-OH is 2. The van der Waals surface area contributed by atoms with Crippen LogP contribution in [0.1, 0.15) is 57.6 Å². The van der Waals surface area contributed by atoms with Crippen molar-refractivity contribution in [2.75, 3.05) is 13.2 Å². The number of aliphatic hydroxyl groups is 3. The first-order valence-corrected chi connectivity index (χ1v) is 10.3. The highest BCUT2D eigenvalue weighted by Crippen LogP contribution is 2.29. The highest BCUT2D eigenvalue weighted by Gasteiger charge is 2.33. The predicted octanol–water partition coefficient (Wildman–Crippen LogP) is 4.68. The van der Waals surface area contributed by atoms with Gasteiger partial charge in [0.15, 0.2) is 5.60 Å². The summed E-state index contributed by atoms with van der Waals surface area (Å²) in [6.07, 6.45) is 6.06. The Balaban J connectivity index is 2.01. The second kappa shape index (κ2) is 10.6. The Bertz CT molecular complexity index is 754. The van der Waals surface area contributed by atoms with E-state index in [1.165, 1.54) is 5.57 Å². The SMILES string of the molecule is C/C(=C\CCCCC(C)(C)O)c1ccc(OC(CO)(CO)c2ccccc2)cc1. The van der Waals surface area contributed by atoms with Crippen LogP contribution in [0.25, 0.3) is 5.57 Å². The van der Waals surface area contributed by atoms with Gasteiger partial charge < -0.3 is 20.1 Å². The smallest absolute Gasteiger partial charge is 0.180 e. The fourth-order valence-electron chi connectivity index (χ4n) is 3.25. The predicted molar refractivity (Wildman–Crippen MR) is 118 cm³/mol. The Kier molecular flexibility index (Phi) is 8.45. The largest absolute Gasteiger partial charge is 0.478 e. The van der Waals surface area contributed by atoms with Gasteiger partial charge in [-0.1, -0.05) is 55.0 Å². The maximum Gasteiger partial charge on any atom is 0.180 e. The zero-order valence-corrected chi connectivity index (χ0v) is 17.8. The van der Waals surface area contributed by atoms with Crippen LogP contribution in [0.15, 0.2) is 60.7 Å². The normalized spacial score (nSPS) is 12.8. The average Bonchev–Trinajstić information content (AvgIpc) is 2.72. The van der Waals surface area contributed by atoms with Gasteiger partial charge in [-0.25, -0.2) is 0 Å². The van der Waals surface area contributed by atoms with Crippen LogP contribution in [-0.4, -0.2) is 34.1 Å². The van der Waals surface area contributed by atoms with Gasteiger partial charge in [0.2, 0.25) is 0 Å². The maximum absolute atomic E-state index is 9.92. The van der Waals surface area contributed by atoms with Gasteiger partial charge in [-0.3, -0.25) is 0 Å². The van der Waals surface area contributed by atoms with E-state index < -0.39 is 11.2 Å². The molecule has 0 saturated heterocycles. The van der Waals surface area contributed by atoms with Crippen molar-refractivity contribution in [1.29, 1.82) is 0 Å². The quantitative estimate of drug-likeness (QED) is 0.481. The second-order valence-corrected chi connectivity index (χ2v) is 8.25. The lowest BCUT2D eigenvalue weighted by Crippen LogP contribution is -2.41. The van der Waals surface area contributed by atoms with Crippen LogP contribution in [-0.2, 0) is 5.60 Å². The summed E-state index contributed by atoms with van der Waals surface area (Å²) in [6, 6.07) is 17.0. The van der Waals surface area contributed by atoms with Crippen LogP contribution in [0.4, 0.5) is 0 Å². The minimum Gasteiger partial charge on any atom is -0.478 e. The molecule has 0 unspecified atom stereocenters. The molecule has 0 atom stereocenters. The Labute approximate surface area is 174 Å². The number of rotatable bonds is 11. The second-order valence-electron chi connectivity index (χ2n) is 8.25. The van der Waals surface area contributed by atoms with Gasteiger partial charge in [0, 0.05) is 5.56 Å². The van der Waals surface area contributed by atoms with E-state index in [2.05, 4.69) is 13.0 Å². The zero-order chi connectivity index (χ0) is 21.3. The maximum atomic E-state index is 9.92. The van der Waals surface area contributed by atoms with E-state index in [1.807, 2.05) is 68.4 Å². The van der Waals surface area contributed by atoms with Gasteiger partial charge >= 0.3 is 0 Å². The average molecular weight is 399 g/mol. The molecular weight excluding hydrogens is 364 g/mol. The van der Waals surface area contributed by atoms with Crippen LogP contribution >= 0.6 is 0 Å². The molecule has 0 saturated carbocycles. The molecule has 0 aliphatic heterocycles. The standard InChI is InChI=1S/C25H34O4/c1-20(10-6-5-9-17-24(2,3)28)21-13-15-23(16-14-21)29-25(18-26,19-27)22-11-7-4-8-12-22/h4,7-8,10-16,26-28H,5-6,9,17-19H2,1-3H3/b20-10+. The summed E-state index contributed by atoms with van der Waals surface area (Å²) in [7, 11) is 0. The van der Waals surface area contributed by atoms with Crippen molar-refractivity contribution in [3.8, 4) is 5.75 Å². The number of ether oxygens (including phenoxy) is 1. The summed E-state index contributed by atoms with van der Waals surface area (Å²) in [6.45, 7) is 5.13. The molecule has 0 spiro atoms. The van der Waals surface area contributed by atoms with Gasteiger partial charge in [0.25, 0.3) is 0 Å². The van der Waals surface area contributed by atoms with Gasteiger partial charge in [0.05, 0.1) is 18.8 Å². The summed E-state index contributed by atoms with van der Waals surface area (Å²) in [5, 5.41) is 29.6. The van der Waals surface area contributed by atoms with E-state index in [9.17, 15) is 15.3 Å². The summed E-state index contributed by atoms with van der Waals surface area (Å²) >= 11 is 0. The molecule has 2 aromatic rings. The summed E-state index contributed by atoms with van der Waals surface area (Å²) in [4.78, 5) is 0. The minimum absolute atomic E-state index is 0.321. The van der Waals surface area contributed by atoms with Gasteiger partial charge in [0.1, 0.15) is 5.75 Å². The fraction of sp³-hybridized carbons (Fsp3) is 0.440. The van der Waals surface area contributed by atoms with E-state index in [0.717, 1.165) is 36.8 Å². The van der Waals surface area contributed by atoms with Crippen LogP contribution in [0.5, 0.6) is 5.75 Å². The van der Waals surface area contributed by atoms with E-state index in [1.54, 1.807) is 0 Å². The van der Waals surface area contributed by atoms with Gasteiger partial charge in [-0.2, -0.15) is 0 Å². The summed E-state index contributed by atoms with van der Waals surface area (Å²) < 4.78 is 6.02. The number of hydrogen-bond acceptors (Lipinski definition) is 4. The summed E-state index contributed by atoms with van der Waals surface area (Å²) in [5.41, 5.74) is 1.27. The van der Waals surface area contributed by atoms with Crippen molar-refractivity contribution in [3.05, 3.63) is 71.8 Å². The molecule has 3 N–H and O–H groups in total. The van der Waals surface area contributed by atoms with E-state index in [4.69, 9.17) is 4.74 Å². The third-order valence-electron chi connectivity index (χ3n) is 5.13. The highest BCUT2D eigenvalue weighted by molar-refractivity contribution is 5.64.